The Bertz CT molecular complexity index is 1670. The molecule has 0 unspecified atom stereocenters. The predicted octanol–water partition coefficient (Wildman–Crippen LogP) is 5.74. The van der Waals surface area contributed by atoms with Gasteiger partial charge in [0.15, 0.2) is 5.65 Å². The lowest BCUT2D eigenvalue weighted by atomic mass is 9.90. The zero-order valence-corrected chi connectivity index (χ0v) is 22.8. The first-order chi connectivity index (χ1) is 19.0. The number of anilines is 1. The number of nitrogen functional groups attached to an aromatic ring is 1. The zero-order chi connectivity index (χ0) is 26.5. The standard InChI is InChI=1S/C28H28Cl2N8O/c29-20-7-1-17(13-21(20)30)27-34-22-8-2-16(14-23(22)35-27)25-24-26(31)32-15-33-28(24)38(36-25)19-5-3-18(4-6-19)37-9-11-39-12-10-37/h1-2,7-8,13-15,18-19H,3-6,9-12H2,(H,34,35)(H2,31,32,33). The van der Waals surface area contributed by atoms with Gasteiger partial charge in [-0.05, 0) is 56.0 Å². The molecule has 0 atom stereocenters. The van der Waals surface area contributed by atoms with E-state index in [1.54, 1.807) is 6.07 Å². The highest BCUT2D eigenvalue weighted by Crippen LogP contribution is 2.38. The first-order valence-corrected chi connectivity index (χ1v) is 14.1. The lowest BCUT2D eigenvalue weighted by Gasteiger charge is -2.38. The number of aromatic nitrogens is 6. The number of imidazole rings is 1. The summed E-state index contributed by atoms with van der Waals surface area (Å²) in [4.78, 5) is 19.7. The number of aromatic amines is 1. The molecule has 4 heterocycles. The summed E-state index contributed by atoms with van der Waals surface area (Å²) < 4.78 is 7.63. The molecule has 3 aromatic heterocycles. The number of nitrogens with zero attached hydrogens (tertiary/aromatic N) is 6. The van der Waals surface area contributed by atoms with Crippen molar-refractivity contribution in [3.8, 4) is 22.6 Å². The summed E-state index contributed by atoms with van der Waals surface area (Å²) in [5.74, 6) is 1.15. The number of fused-ring (bicyclic) bond motifs is 2. The van der Waals surface area contributed by atoms with Gasteiger partial charge in [0.05, 0.1) is 45.7 Å². The number of rotatable bonds is 4. The van der Waals surface area contributed by atoms with Crippen LogP contribution in [-0.2, 0) is 4.74 Å². The molecule has 1 aliphatic carbocycles. The quantitative estimate of drug-likeness (QED) is 0.287. The molecule has 1 saturated heterocycles. The van der Waals surface area contributed by atoms with Crippen LogP contribution >= 0.6 is 23.2 Å². The Kier molecular flexibility index (Phi) is 6.39. The van der Waals surface area contributed by atoms with Crippen molar-refractivity contribution in [2.75, 3.05) is 32.0 Å². The lowest BCUT2D eigenvalue weighted by molar-refractivity contribution is 0.00520. The third-order valence-corrected chi connectivity index (χ3v) is 8.78. The molecule has 0 radical (unpaired) electrons. The summed E-state index contributed by atoms with van der Waals surface area (Å²) in [5, 5.41) is 6.89. The predicted molar refractivity (Wildman–Crippen MR) is 154 cm³/mol. The molecule has 3 N–H and O–H groups in total. The molecular formula is C28H28Cl2N8O. The number of nitrogens with two attached hydrogens (primary N) is 1. The number of hydrogen-bond acceptors (Lipinski definition) is 7. The molecule has 11 heteroatoms. The highest BCUT2D eigenvalue weighted by molar-refractivity contribution is 6.42. The lowest BCUT2D eigenvalue weighted by Crippen LogP contribution is -2.45. The van der Waals surface area contributed by atoms with Crippen molar-refractivity contribution < 1.29 is 4.74 Å². The van der Waals surface area contributed by atoms with Crippen LogP contribution in [0.3, 0.4) is 0 Å². The number of halogens is 2. The van der Waals surface area contributed by atoms with E-state index in [0.717, 1.165) is 96.7 Å². The number of nitrogens with one attached hydrogen (secondary N) is 1. The molecule has 2 aromatic carbocycles. The minimum absolute atomic E-state index is 0.269. The Balaban J connectivity index is 1.22. The Morgan fingerprint density at radius 3 is 2.46 bits per heavy atom. The molecule has 5 aromatic rings. The van der Waals surface area contributed by atoms with Gasteiger partial charge >= 0.3 is 0 Å². The largest absolute Gasteiger partial charge is 0.383 e. The number of benzene rings is 2. The second-order valence-corrected chi connectivity index (χ2v) is 11.1. The zero-order valence-electron chi connectivity index (χ0n) is 21.3. The van der Waals surface area contributed by atoms with E-state index in [2.05, 4.69) is 30.6 Å². The maximum Gasteiger partial charge on any atom is 0.164 e. The van der Waals surface area contributed by atoms with Gasteiger partial charge < -0.3 is 15.5 Å². The van der Waals surface area contributed by atoms with E-state index in [9.17, 15) is 0 Å². The van der Waals surface area contributed by atoms with Crippen LogP contribution in [0.1, 0.15) is 31.7 Å². The second-order valence-electron chi connectivity index (χ2n) is 10.3. The third-order valence-electron chi connectivity index (χ3n) is 8.04. The number of H-pyrrole nitrogens is 1. The Morgan fingerprint density at radius 2 is 1.67 bits per heavy atom. The number of hydrogen-bond donors (Lipinski definition) is 2. The third kappa shape index (κ3) is 4.53. The van der Waals surface area contributed by atoms with Crippen LogP contribution in [0.5, 0.6) is 0 Å². The normalized spacial score (nSPS) is 20.7. The Morgan fingerprint density at radius 1 is 0.897 bits per heavy atom. The van der Waals surface area contributed by atoms with Crippen LogP contribution in [-0.4, -0.2) is 67.0 Å². The van der Waals surface area contributed by atoms with Crippen LogP contribution in [0, 0.1) is 0 Å². The average Bonchev–Trinajstić information content (AvgIpc) is 3.57. The molecule has 0 bridgehead atoms. The van der Waals surface area contributed by atoms with Gasteiger partial charge in [0.1, 0.15) is 23.7 Å². The summed E-state index contributed by atoms with van der Waals surface area (Å²) in [6.45, 7) is 3.71. The molecule has 200 valence electrons. The van der Waals surface area contributed by atoms with E-state index in [1.807, 2.05) is 24.3 Å². The van der Waals surface area contributed by atoms with E-state index in [-0.39, 0.29) is 6.04 Å². The highest BCUT2D eigenvalue weighted by atomic mass is 35.5. The van der Waals surface area contributed by atoms with Crippen LogP contribution in [0.2, 0.25) is 10.0 Å². The van der Waals surface area contributed by atoms with Gasteiger partial charge in [-0.25, -0.2) is 19.6 Å². The molecule has 0 amide bonds. The molecule has 7 rings (SSSR count). The highest BCUT2D eigenvalue weighted by Gasteiger charge is 2.30. The molecule has 2 aliphatic rings. The van der Waals surface area contributed by atoms with Crippen molar-refractivity contribution in [2.24, 2.45) is 0 Å². The summed E-state index contributed by atoms with van der Waals surface area (Å²) >= 11 is 12.3. The van der Waals surface area contributed by atoms with Crippen molar-refractivity contribution in [2.45, 2.75) is 37.8 Å². The van der Waals surface area contributed by atoms with E-state index in [0.29, 0.717) is 21.9 Å². The van der Waals surface area contributed by atoms with Gasteiger partial charge in [0.25, 0.3) is 0 Å². The van der Waals surface area contributed by atoms with Crippen LogP contribution in [0.15, 0.2) is 42.7 Å². The van der Waals surface area contributed by atoms with E-state index >= 15 is 0 Å². The maximum absolute atomic E-state index is 6.41. The molecule has 1 aliphatic heterocycles. The smallest absolute Gasteiger partial charge is 0.164 e. The van der Waals surface area contributed by atoms with Gasteiger partial charge in [-0.15, -0.1) is 0 Å². The molecule has 0 spiro atoms. The van der Waals surface area contributed by atoms with Gasteiger partial charge in [-0.1, -0.05) is 29.3 Å². The summed E-state index contributed by atoms with van der Waals surface area (Å²) in [6.07, 6.45) is 5.91. The van der Waals surface area contributed by atoms with Crippen molar-refractivity contribution in [1.29, 1.82) is 0 Å². The topological polar surface area (TPSA) is 111 Å². The Labute approximate surface area is 235 Å². The van der Waals surface area contributed by atoms with Crippen molar-refractivity contribution in [1.82, 2.24) is 34.6 Å². The number of ether oxygens (including phenoxy) is 1. The number of morpholine rings is 1. The van der Waals surface area contributed by atoms with Crippen molar-refractivity contribution in [3.05, 3.63) is 52.8 Å². The fourth-order valence-corrected chi connectivity index (χ4v) is 6.30. The van der Waals surface area contributed by atoms with Gasteiger partial charge in [0, 0.05) is 30.3 Å². The fourth-order valence-electron chi connectivity index (χ4n) is 6.00. The van der Waals surface area contributed by atoms with Crippen LogP contribution in [0.4, 0.5) is 5.82 Å². The van der Waals surface area contributed by atoms with Crippen molar-refractivity contribution >= 4 is 51.1 Å². The summed E-state index contributed by atoms with van der Waals surface area (Å²) in [6, 6.07) is 12.4. The monoisotopic (exact) mass is 562 g/mol. The molecule has 2 fully saturated rings. The molecule has 9 nitrogen and oxygen atoms in total. The Hall–Kier alpha value is -3.24. The molecule has 1 saturated carbocycles. The minimum atomic E-state index is 0.269. The van der Waals surface area contributed by atoms with E-state index in [1.165, 1.54) is 6.33 Å². The van der Waals surface area contributed by atoms with Crippen LogP contribution < -0.4 is 5.73 Å². The SMILES string of the molecule is Nc1ncnc2c1c(-c1ccc3nc(-c4ccc(Cl)c(Cl)c4)[nH]c3c1)nn2C1CCC(N2CCOCC2)CC1. The summed E-state index contributed by atoms with van der Waals surface area (Å²) in [7, 11) is 0. The first kappa shape index (κ1) is 24.8. The fraction of sp³-hybridized carbons (Fsp3) is 0.357. The molecule has 39 heavy (non-hydrogen) atoms. The molecular weight excluding hydrogens is 535 g/mol. The first-order valence-electron chi connectivity index (χ1n) is 13.3. The van der Waals surface area contributed by atoms with Crippen molar-refractivity contribution in [3.63, 3.8) is 0 Å². The van der Waals surface area contributed by atoms with Gasteiger partial charge in [-0.3, -0.25) is 4.90 Å². The summed E-state index contributed by atoms with van der Waals surface area (Å²) in [5.41, 5.74) is 11.5. The second kappa shape index (κ2) is 10.1. The van der Waals surface area contributed by atoms with Gasteiger partial charge in [-0.2, -0.15) is 5.10 Å². The maximum atomic E-state index is 6.41. The van der Waals surface area contributed by atoms with Crippen LogP contribution in [0.25, 0.3) is 44.7 Å². The van der Waals surface area contributed by atoms with Gasteiger partial charge in [0.2, 0.25) is 0 Å². The van der Waals surface area contributed by atoms with E-state index in [4.69, 9.17) is 43.8 Å². The minimum Gasteiger partial charge on any atom is -0.383 e. The van der Waals surface area contributed by atoms with E-state index < -0.39 is 0 Å². The average molecular weight is 563 g/mol.